The summed E-state index contributed by atoms with van der Waals surface area (Å²) in [7, 11) is 0. The van der Waals surface area contributed by atoms with Crippen LogP contribution < -0.4 is 5.32 Å². The molecule has 2 unspecified atom stereocenters. The summed E-state index contributed by atoms with van der Waals surface area (Å²) in [6.07, 6.45) is 7.13. The molecule has 0 radical (unpaired) electrons. The average molecular weight is 329 g/mol. The molecule has 2 aromatic rings. The van der Waals surface area contributed by atoms with Crippen LogP contribution in [-0.2, 0) is 16.1 Å². The van der Waals surface area contributed by atoms with Gasteiger partial charge in [-0.05, 0) is 18.9 Å². The number of fused-ring (bicyclic) bond motifs is 1. The number of aromatic nitrogens is 2. The van der Waals surface area contributed by atoms with Gasteiger partial charge in [0.05, 0.1) is 17.6 Å². The number of nitrogens with one attached hydrogen (secondary N) is 1. The molecule has 3 rings (SSSR count). The lowest BCUT2D eigenvalue weighted by atomic mass is 9.87. The van der Waals surface area contributed by atoms with Crippen LogP contribution in [0.1, 0.15) is 38.5 Å². The second-order valence-corrected chi connectivity index (χ2v) is 6.47. The van der Waals surface area contributed by atoms with Crippen molar-refractivity contribution in [1.82, 2.24) is 15.1 Å². The Hall–Kier alpha value is -2.37. The number of carboxylic acids is 1. The van der Waals surface area contributed by atoms with E-state index >= 15 is 0 Å². The molecule has 1 aromatic carbocycles. The van der Waals surface area contributed by atoms with Crippen molar-refractivity contribution in [3.05, 3.63) is 30.5 Å². The van der Waals surface area contributed by atoms with Crippen LogP contribution in [0.5, 0.6) is 0 Å². The number of hydrogen-bond acceptors (Lipinski definition) is 3. The first-order valence-electron chi connectivity index (χ1n) is 8.58. The highest BCUT2D eigenvalue weighted by molar-refractivity contribution is 5.82. The topological polar surface area (TPSA) is 84.2 Å². The average Bonchev–Trinajstić information content (AvgIpc) is 2.93. The van der Waals surface area contributed by atoms with Crippen LogP contribution in [0.4, 0.5) is 0 Å². The van der Waals surface area contributed by atoms with Gasteiger partial charge in [0.25, 0.3) is 0 Å². The van der Waals surface area contributed by atoms with Gasteiger partial charge < -0.3 is 10.4 Å². The molecular formula is C18H23N3O3. The molecule has 6 heteroatoms. The smallest absolute Gasteiger partial charge is 0.308 e. The third kappa shape index (κ3) is 3.75. The summed E-state index contributed by atoms with van der Waals surface area (Å²) >= 11 is 0. The first-order chi connectivity index (χ1) is 11.6. The van der Waals surface area contributed by atoms with Crippen LogP contribution in [0.3, 0.4) is 0 Å². The van der Waals surface area contributed by atoms with Crippen LogP contribution in [0.25, 0.3) is 10.9 Å². The van der Waals surface area contributed by atoms with Crippen molar-refractivity contribution in [1.29, 1.82) is 0 Å². The van der Waals surface area contributed by atoms with E-state index in [0.29, 0.717) is 6.42 Å². The van der Waals surface area contributed by atoms with Gasteiger partial charge in [-0.2, -0.15) is 5.10 Å². The zero-order chi connectivity index (χ0) is 16.9. The minimum absolute atomic E-state index is 0.107. The number of benzene rings is 1. The van der Waals surface area contributed by atoms with Crippen molar-refractivity contribution in [2.45, 2.75) is 51.1 Å². The number of carboxylic acid groups (broad SMARTS) is 1. The van der Waals surface area contributed by atoms with Crippen molar-refractivity contribution < 1.29 is 14.7 Å². The highest BCUT2D eigenvalue weighted by Crippen LogP contribution is 2.23. The van der Waals surface area contributed by atoms with Gasteiger partial charge >= 0.3 is 5.97 Å². The van der Waals surface area contributed by atoms with E-state index in [2.05, 4.69) is 10.4 Å². The molecule has 1 aliphatic carbocycles. The molecule has 0 spiro atoms. The number of nitrogens with zero attached hydrogens (tertiary/aromatic N) is 2. The second-order valence-electron chi connectivity index (χ2n) is 6.47. The summed E-state index contributed by atoms with van der Waals surface area (Å²) in [4.78, 5) is 24.0. The monoisotopic (exact) mass is 329 g/mol. The van der Waals surface area contributed by atoms with Gasteiger partial charge in [-0.25, -0.2) is 0 Å². The highest BCUT2D eigenvalue weighted by Gasteiger charge is 2.29. The Labute approximate surface area is 140 Å². The maximum Gasteiger partial charge on any atom is 0.308 e. The van der Waals surface area contributed by atoms with E-state index in [1.165, 1.54) is 0 Å². The van der Waals surface area contributed by atoms with Gasteiger partial charge in [0.1, 0.15) is 6.54 Å². The summed E-state index contributed by atoms with van der Waals surface area (Å²) < 4.78 is 1.66. The number of para-hydroxylation sites is 1. The van der Waals surface area contributed by atoms with Gasteiger partial charge in [0.2, 0.25) is 5.91 Å². The van der Waals surface area contributed by atoms with Gasteiger partial charge in [0, 0.05) is 11.4 Å². The third-order valence-corrected chi connectivity index (χ3v) is 4.77. The second kappa shape index (κ2) is 7.47. The van der Waals surface area contributed by atoms with Crippen molar-refractivity contribution in [3.63, 3.8) is 0 Å². The predicted octanol–water partition coefficient (Wildman–Crippen LogP) is 2.58. The minimum atomic E-state index is -0.813. The molecule has 24 heavy (non-hydrogen) atoms. The van der Waals surface area contributed by atoms with Gasteiger partial charge in [-0.15, -0.1) is 0 Å². The predicted molar refractivity (Wildman–Crippen MR) is 90.5 cm³/mol. The molecule has 2 N–H and O–H groups in total. The number of rotatable bonds is 4. The Bertz CT molecular complexity index is 725. The summed E-state index contributed by atoms with van der Waals surface area (Å²) in [6, 6.07) is 7.42. The lowest BCUT2D eigenvalue weighted by Crippen LogP contribution is -2.45. The van der Waals surface area contributed by atoms with E-state index < -0.39 is 11.9 Å². The van der Waals surface area contributed by atoms with Crippen LogP contribution in [0.2, 0.25) is 0 Å². The first kappa shape index (κ1) is 16.5. The highest BCUT2D eigenvalue weighted by atomic mass is 16.4. The molecular weight excluding hydrogens is 306 g/mol. The fourth-order valence-electron chi connectivity index (χ4n) is 3.49. The maximum absolute atomic E-state index is 12.4. The molecule has 0 aliphatic heterocycles. The zero-order valence-corrected chi connectivity index (χ0v) is 13.6. The van der Waals surface area contributed by atoms with Crippen molar-refractivity contribution >= 4 is 22.8 Å². The van der Waals surface area contributed by atoms with Gasteiger partial charge in [-0.1, -0.05) is 43.9 Å². The molecule has 128 valence electrons. The lowest BCUT2D eigenvalue weighted by molar-refractivity contribution is -0.143. The fraction of sp³-hybridized carbons (Fsp3) is 0.500. The molecule has 1 heterocycles. The van der Waals surface area contributed by atoms with E-state index in [1.807, 2.05) is 24.3 Å². The van der Waals surface area contributed by atoms with E-state index in [-0.39, 0.29) is 18.5 Å². The Balaban J connectivity index is 1.68. The van der Waals surface area contributed by atoms with E-state index in [4.69, 9.17) is 0 Å². The minimum Gasteiger partial charge on any atom is -0.481 e. The summed E-state index contributed by atoms with van der Waals surface area (Å²) in [5, 5.41) is 17.6. The number of aliphatic carboxylic acids is 1. The molecule has 2 atom stereocenters. The van der Waals surface area contributed by atoms with Crippen LogP contribution in [0, 0.1) is 5.92 Å². The normalized spacial score (nSPS) is 21.8. The summed E-state index contributed by atoms with van der Waals surface area (Å²) in [6.45, 7) is 0.107. The van der Waals surface area contributed by atoms with Gasteiger partial charge in [-0.3, -0.25) is 14.3 Å². The standard InChI is InChI=1S/C18H23N3O3/c22-17(12-21-16-10-6-5-7-13(16)11-19-21)20-15-9-4-2-1-3-8-14(15)18(23)24/h5-7,10-11,14-15H,1-4,8-9,12H2,(H,20,22)(H,23,24). The van der Waals surface area contributed by atoms with Crippen LogP contribution in [-0.4, -0.2) is 32.8 Å². The molecule has 0 saturated heterocycles. The van der Waals surface area contributed by atoms with E-state index in [9.17, 15) is 14.7 Å². The Kier molecular flexibility index (Phi) is 5.13. The molecule has 1 aliphatic rings. The number of carbonyl (C=O) groups is 2. The maximum atomic E-state index is 12.4. The van der Waals surface area contributed by atoms with Crippen LogP contribution >= 0.6 is 0 Å². The Morgan fingerprint density at radius 3 is 2.71 bits per heavy atom. The number of amides is 1. The molecule has 0 bridgehead atoms. The van der Waals surface area contributed by atoms with Gasteiger partial charge in [0.15, 0.2) is 0 Å². The molecule has 1 saturated carbocycles. The molecule has 1 amide bonds. The fourth-order valence-corrected chi connectivity index (χ4v) is 3.49. The molecule has 1 fully saturated rings. The summed E-state index contributed by atoms with van der Waals surface area (Å²) in [5.74, 6) is -1.49. The van der Waals surface area contributed by atoms with E-state index in [1.54, 1.807) is 10.9 Å². The van der Waals surface area contributed by atoms with Crippen molar-refractivity contribution in [2.75, 3.05) is 0 Å². The Morgan fingerprint density at radius 2 is 1.92 bits per heavy atom. The van der Waals surface area contributed by atoms with Crippen molar-refractivity contribution in [2.24, 2.45) is 5.92 Å². The lowest BCUT2D eigenvalue weighted by Gasteiger charge is -2.27. The number of hydrogen-bond donors (Lipinski definition) is 2. The van der Waals surface area contributed by atoms with Crippen molar-refractivity contribution in [3.8, 4) is 0 Å². The summed E-state index contributed by atoms with van der Waals surface area (Å²) in [5.41, 5.74) is 0.903. The molecule has 1 aromatic heterocycles. The largest absolute Gasteiger partial charge is 0.481 e. The SMILES string of the molecule is O=C(Cn1ncc2ccccc21)NC1CCCCCCC1C(=O)O. The first-order valence-corrected chi connectivity index (χ1v) is 8.58. The van der Waals surface area contributed by atoms with Crippen LogP contribution in [0.15, 0.2) is 30.5 Å². The Morgan fingerprint density at radius 1 is 1.17 bits per heavy atom. The van der Waals surface area contributed by atoms with E-state index in [0.717, 1.165) is 43.0 Å². The molecule has 6 nitrogen and oxygen atoms in total. The zero-order valence-electron chi connectivity index (χ0n) is 13.6. The quantitative estimate of drug-likeness (QED) is 0.903. The number of carbonyl (C=O) groups excluding carboxylic acids is 1. The third-order valence-electron chi connectivity index (χ3n) is 4.77.